The molecule has 0 spiro atoms. The monoisotopic (exact) mass is 252 g/mol. The maximum absolute atomic E-state index is 6.00. The number of rotatable bonds is 5. The molecule has 2 N–H and O–H groups in total. The van der Waals surface area contributed by atoms with E-state index in [0.717, 1.165) is 17.7 Å². The molecular formula is C17H20N2. The van der Waals surface area contributed by atoms with Crippen LogP contribution in [0.1, 0.15) is 30.9 Å². The van der Waals surface area contributed by atoms with Crippen LogP contribution in [0.4, 0.5) is 5.69 Å². The number of aliphatic imine (C=N–C) groups is 1. The molecule has 2 nitrogen and oxygen atoms in total. The summed E-state index contributed by atoms with van der Waals surface area (Å²) < 4.78 is 0. The fourth-order valence-corrected chi connectivity index (χ4v) is 1.93. The van der Waals surface area contributed by atoms with Gasteiger partial charge in [0.2, 0.25) is 0 Å². The van der Waals surface area contributed by atoms with Crippen LogP contribution in [0.25, 0.3) is 0 Å². The van der Waals surface area contributed by atoms with E-state index in [0.29, 0.717) is 5.84 Å². The second kappa shape index (κ2) is 6.74. The molecule has 0 bridgehead atoms. The second-order valence-electron chi connectivity index (χ2n) is 4.63. The molecule has 2 aromatic carbocycles. The molecular weight excluding hydrogens is 232 g/mol. The van der Waals surface area contributed by atoms with Gasteiger partial charge in [0.1, 0.15) is 5.84 Å². The molecule has 0 amide bonds. The van der Waals surface area contributed by atoms with Crippen molar-refractivity contribution in [1.29, 1.82) is 0 Å². The fourth-order valence-electron chi connectivity index (χ4n) is 1.93. The van der Waals surface area contributed by atoms with E-state index in [-0.39, 0.29) is 0 Å². The highest BCUT2D eigenvalue weighted by molar-refractivity contribution is 5.98. The lowest BCUT2D eigenvalue weighted by Crippen LogP contribution is -2.12. The first-order chi connectivity index (χ1) is 9.29. The predicted molar refractivity (Wildman–Crippen MR) is 81.9 cm³/mol. The molecule has 0 atom stereocenters. The Hall–Kier alpha value is -2.09. The molecule has 0 fully saturated rings. The van der Waals surface area contributed by atoms with Crippen LogP contribution in [-0.2, 0) is 6.42 Å². The molecule has 0 unspecified atom stereocenters. The van der Waals surface area contributed by atoms with Crippen LogP contribution in [0, 0.1) is 0 Å². The minimum Gasteiger partial charge on any atom is -0.383 e. The molecule has 2 heteroatoms. The highest BCUT2D eigenvalue weighted by Crippen LogP contribution is 2.15. The zero-order chi connectivity index (χ0) is 13.5. The van der Waals surface area contributed by atoms with Crippen molar-refractivity contribution in [1.82, 2.24) is 0 Å². The summed E-state index contributed by atoms with van der Waals surface area (Å²) in [5.41, 5.74) is 9.22. The molecule has 0 aromatic heterocycles. The van der Waals surface area contributed by atoms with E-state index in [9.17, 15) is 0 Å². The lowest BCUT2D eigenvalue weighted by Gasteiger charge is -2.03. The number of amidine groups is 1. The quantitative estimate of drug-likeness (QED) is 0.632. The summed E-state index contributed by atoms with van der Waals surface area (Å²) in [6.45, 7) is 2.21. The predicted octanol–water partition coefficient (Wildman–Crippen LogP) is 4.07. The summed E-state index contributed by atoms with van der Waals surface area (Å²) in [4.78, 5) is 4.45. The molecule has 98 valence electrons. The van der Waals surface area contributed by atoms with Crippen molar-refractivity contribution >= 4 is 11.5 Å². The number of nitrogens with two attached hydrogens (primary N) is 1. The average molecular weight is 252 g/mol. The van der Waals surface area contributed by atoms with E-state index < -0.39 is 0 Å². The van der Waals surface area contributed by atoms with Crippen LogP contribution >= 0.6 is 0 Å². The Kier molecular flexibility index (Phi) is 4.73. The number of aryl methyl sites for hydroxylation is 1. The highest BCUT2D eigenvalue weighted by atomic mass is 14.9. The number of nitrogens with zero attached hydrogens (tertiary/aromatic N) is 1. The third-order valence-electron chi connectivity index (χ3n) is 3.07. The zero-order valence-electron chi connectivity index (χ0n) is 11.3. The maximum atomic E-state index is 6.00. The van der Waals surface area contributed by atoms with Crippen LogP contribution in [0.15, 0.2) is 59.6 Å². The Labute approximate surface area is 115 Å². The van der Waals surface area contributed by atoms with Crippen molar-refractivity contribution in [2.24, 2.45) is 10.7 Å². The number of benzene rings is 2. The Balaban J connectivity index is 2.10. The van der Waals surface area contributed by atoms with Gasteiger partial charge in [0.05, 0.1) is 5.69 Å². The van der Waals surface area contributed by atoms with Gasteiger partial charge in [-0.3, -0.25) is 0 Å². The van der Waals surface area contributed by atoms with Crippen LogP contribution < -0.4 is 5.73 Å². The van der Waals surface area contributed by atoms with Gasteiger partial charge in [0, 0.05) is 5.56 Å². The second-order valence-corrected chi connectivity index (χ2v) is 4.63. The Bertz CT molecular complexity index is 527. The molecule has 0 saturated carbocycles. The molecule has 0 aliphatic heterocycles. The van der Waals surface area contributed by atoms with Gasteiger partial charge in [0.25, 0.3) is 0 Å². The smallest absolute Gasteiger partial charge is 0.131 e. The lowest BCUT2D eigenvalue weighted by molar-refractivity contribution is 0.795. The summed E-state index contributed by atoms with van der Waals surface area (Å²) >= 11 is 0. The molecule has 2 rings (SSSR count). The standard InChI is InChI=1S/C17H20N2/c1-2-3-7-14-10-12-16(13-11-14)19-17(18)15-8-5-4-6-9-15/h4-6,8-13H,2-3,7H2,1H3,(H2,18,19). The topological polar surface area (TPSA) is 38.4 Å². The summed E-state index contributed by atoms with van der Waals surface area (Å²) in [6.07, 6.45) is 3.59. The Morgan fingerprint density at radius 1 is 1.00 bits per heavy atom. The Morgan fingerprint density at radius 3 is 2.32 bits per heavy atom. The van der Waals surface area contributed by atoms with Crippen molar-refractivity contribution in [3.05, 3.63) is 65.7 Å². The minimum absolute atomic E-state index is 0.557. The summed E-state index contributed by atoms with van der Waals surface area (Å²) in [5.74, 6) is 0.557. The largest absolute Gasteiger partial charge is 0.383 e. The SMILES string of the molecule is CCCCc1ccc(N=C(N)c2ccccc2)cc1. The van der Waals surface area contributed by atoms with Crippen molar-refractivity contribution < 1.29 is 0 Å². The molecule has 0 heterocycles. The number of hydrogen-bond acceptors (Lipinski definition) is 1. The first kappa shape index (κ1) is 13.3. The molecule has 2 aromatic rings. The van der Waals surface area contributed by atoms with E-state index in [1.54, 1.807) is 0 Å². The van der Waals surface area contributed by atoms with E-state index >= 15 is 0 Å². The molecule has 0 aliphatic rings. The Morgan fingerprint density at radius 2 is 1.68 bits per heavy atom. The van der Waals surface area contributed by atoms with Gasteiger partial charge >= 0.3 is 0 Å². The third-order valence-corrected chi connectivity index (χ3v) is 3.07. The molecule has 0 saturated heterocycles. The van der Waals surface area contributed by atoms with Crippen LogP contribution in [0.5, 0.6) is 0 Å². The summed E-state index contributed by atoms with van der Waals surface area (Å²) in [7, 11) is 0. The van der Waals surface area contributed by atoms with Gasteiger partial charge in [-0.2, -0.15) is 0 Å². The van der Waals surface area contributed by atoms with E-state index in [1.165, 1.54) is 18.4 Å². The van der Waals surface area contributed by atoms with Gasteiger partial charge in [-0.05, 0) is 30.5 Å². The van der Waals surface area contributed by atoms with Crippen molar-refractivity contribution in [3.8, 4) is 0 Å². The van der Waals surface area contributed by atoms with Gasteiger partial charge in [-0.15, -0.1) is 0 Å². The van der Waals surface area contributed by atoms with Crippen molar-refractivity contribution in [2.75, 3.05) is 0 Å². The van der Waals surface area contributed by atoms with Gasteiger partial charge in [-0.25, -0.2) is 4.99 Å². The highest BCUT2D eigenvalue weighted by Gasteiger charge is 1.98. The lowest BCUT2D eigenvalue weighted by atomic mass is 10.1. The normalized spacial score (nSPS) is 11.5. The first-order valence-electron chi connectivity index (χ1n) is 6.78. The summed E-state index contributed by atoms with van der Waals surface area (Å²) in [6, 6.07) is 18.2. The van der Waals surface area contributed by atoms with Crippen LogP contribution in [-0.4, -0.2) is 5.84 Å². The molecule has 19 heavy (non-hydrogen) atoms. The molecule has 0 radical (unpaired) electrons. The van der Waals surface area contributed by atoms with E-state index in [2.05, 4.69) is 24.0 Å². The zero-order valence-corrected chi connectivity index (χ0v) is 11.3. The van der Waals surface area contributed by atoms with Crippen LogP contribution in [0.2, 0.25) is 0 Å². The minimum atomic E-state index is 0.557. The van der Waals surface area contributed by atoms with Gasteiger partial charge in [-0.1, -0.05) is 55.8 Å². The van der Waals surface area contributed by atoms with Gasteiger partial charge < -0.3 is 5.73 Å². The first-order valence-corrected chi connectivity index (χ1v) is 6.78. The van der Waals surface area contributed by atoms with E-state index in [4.69, 9.17) is 5.73 Å². The van der Waals surface area contributed by atoms with Crippen LogP contribution in [0.3, 0.4) is 0 Å². The number of hydrogen-bond donors (Lipinski definition) is 1. The van der Waals surface area contributed by atoms with E-state index in [1.807, 2.05) is 42.5 Å². The molecule has 0 aliphatic carbocycles. The average Bonchev–Trinajstić information content (AvgIpc) is 2.47. The summed E-state index contributed by atoms with van der Waals surface area (Å²) in [5, 5.41) is 0. The van der Waals surface area contributed by atoms with Crippen molar-refractivity contribution in [2.45, 2.75) is 26.2 Å². The van der Waals surface area contributed by atoms with Gasteiger partial charge in [0.15, 0.2) is 0 Å². The maximum Gasteiger partial charge on any atom is 0.131 e. The third kappa shape index (κ3) is 3.95. The van der Waals surface area contributed by atoms with Crippen molar-refractivity contribution in [3.63, 3.8) is 0 Å². The fraction of sp³-hybridized carbons (Fsp3) is 0.235. The number of unbranched alkanes of at least 4 members (excludes halogenated alkanes) is 1.